The molecular formula is C8H9ClN2OS. The molecule has 0 spiro atoms. The zero-order valence-corrected chi connectivity index (χ0v) is 8.71. The van der Waals surface area contributed by atoms with Gasteiger partial charge in [0.25, 0.3) is 5.91 Å². The van der Waals surface area contributed by atoms with Crippen LogP contribution in [-0.4, -0.2) is 16.4 Å². The predicted molar refractivity (Wildman–Crippen MR) is 52.2 cm³/mol. The molecule has 0 bridgehead atoms. The van der Waals surface area contributed by atoms with Gasteiger partial charge in [-0.25, -0.2) is 4.98 Å². The minimum atomic E-state index is -0.122. The lowest BCUT2D eigenvalue weighted by Gasteiger charge is -2.08. The van der Waals surface area contributed by atoms with Gasteiger partial charge in [-0.2, -0.15) is 0 Å². The summed E-state index contributed by atoms with van der Waals surface area (Å²) in [5.74, 6) is -0.122. The van der Waals surface area contributed by atoms with Gasteiger partial charge in [-0.05, 0) is 19.8 Å². The van der Waals surface area contributed by atoms with Crippen LogP contribution in [0.15, 0.2) is 5.38 Å². The third-order valence-electron chi connectivity index (χ3n) is 2.12. The van der Waals surface area contributed by atoms with E-state index in [1.54, 1.807) is 5.38 Å². The summed E-state index contributed by atoms with van der Waals surface area (Å²) >= 11 is 6.89. The van der Waals surface area contributed by atoms with E-state index in [1.165, 1.54) is 11.3 Å². The molecule has 1 fully saturated rings. The lowest BCUT2D eigenvalue weighted by molar-refractivity contribution is 0.0931. The highest BCUT2D eigenvalue weighted by Crippen LogP contribution is 2.34. The minimum Gasteiger partial charge on any atom is -0.346 e. The molecular weight excluding hydrogens is 208 g/mol. The third kappa shape index (κ3) is 2.00. The molecule has 0 unspecified atom stereocenters. The van der Waals surface area contributed by atoms with Gasteiger partial charge in [0.15, 0.2) is 4.47 Å². The van der Waals surface area contributed by atoms with E-state index in [4.69, 9.17) is 11.6 Å². The molecule has 0 radical (unpaired) electrons. The Bertz CT molecular complexity index is 346. The first-order chi connectivity index (χ1) is 6.09. The number of nitrogens with one attached hydrogen (secondary N) is 1. The van der Waals surface area contributed by atoms with Crippen LogP contribution in [0.5, 0.6) is 0 Å². The maximum atomic E-state index is 11.5. The SMILES string of the molecule is CC1(NC(=O)c2csc(Cl)n2)CC1. The molecule has 0 saturated heterocycles. The normalized spacial score (nSPS) is 18.3. The maximum absolute atomic E-state index is 11.5. The Labute approximate surface area is 85.1 Å². The number of hydrogen-bond acceptors (Lipinski definition) is 3. The first kappa shape index (κ1) is 8.97. The van der Waals surface area contributed by atoms with E-state index in [2.05, 4.69) is 10.3 Å². The molecule has 0 aromatic carbocycles. The van der Waals surface area contributed by atoms with Gasteiger partial charge in [0.1, 0.15) is 5.69 Å². The summed E-state index contributed by atoms with van der Waals surface area (Å²) in [7, 11) is 0. The molecule has 0 aliphatic heterocycles. The monoisotopic (exact) mass is 216 g/mol. The Morgan fingerprint density at radius 3 is 2.92 bits per heavy atom. The van der Waals surface area contributed by atoms with Crippen molar-refractivity contribution in [2.24, 2.45) is 0 Å². The molecule has 0 atom stereocenters. The van der Waals surface area contributed by atoms with Crippen molar-refractivity contribution in [1.82, 2.24) is 10.3 Å². The van der Waals surface area contributed by atoms with E-state index >= 15 is 0 Å². The number of aromatic nitrogens is 1. The molecule has 1 amide bonds. The fraction of sp³-hybridized carbons (Fsp3) is 0.500. The second-order valence-electron chi connectivity index (χ2n) is 3.50. The molecule has 13 heavy (non-hydrogen) atoms. The van der Waals surface area contributed by atoms with Crippen molar-refractivity contribution < 1.29 is 4.79 Å². The molecule has 1 heterocycles. The number of hydrogen-bond donors (Lipinski definition) is 1. The molecule has 2 rings (SSSR count). The lowest BCUT2D eigenvalue weighted by atomic mass is 10.3. The van der Waals surface area contributed by atoms with Gasteiger partial charge < -0.3 is 5.32 Å². The fourth-order valence-electron chi connectivity index (χ4n) is 1.01. The number of carbonyl (C=O) groups is 1. The van der Waals surface area contributed by atoms with Crippen molar-refractivity contribution in [2.75, 3.05) is 0 Å². The van der Waals surface area contributed by atoms with Crippen LogP contribution in [0.3, 0.4) is 0 Å². The molecule has 1 aliphatic rings. The first-order valence-electron chi connectivity index (χ1n) is 4.03. The van der Waals surface area contributed by atoms with E-state index in [9.17, 15) is 4.79 Å². The van der Waals surface area contributed by atoms with Crippen molar-refractivity contribution in [3.63, 3.8) is 0 Å². The van der Waals surface area contributed by atoms with Crippen LogP contribution in [0, 0.1) is 0 Å². The molecule has 1 aromatic heterocycles. The Balaban J connectivity index is 2.05. The van der Waals surface area contributed by atoms with E-state index < -0.39 is 0 Å². The quantitative estimate of drug-likeness (QED) is 0.823. The smallest absolute Gasteiger partial charge is 0.271 e. The standard InChI is InChI=1S/C8H9ClN2OS/c1-8(2-3-8)11-6(12)5-4-13-7(9)10-5/h4H,2-3H2,1H3,(H,11,12). The average molecular weight is 217 g/mol. The zero-order chi connectivity index (χ0) is 9.47. The number of rotatable bonds is 2. The van der Waals surface area contributed by atoms with Gasteiger partial charge in [0, 0.05) is 10.9 Å². The zero-order valence-electron chi connectivity index (χ0n) is 7.13. The molecule has 1 aromatic rings. The molecule has 70 valence electrons. The summed E-state index contributed by atoms with van der Waals surface area (Å²) in [6.07, 6.45) is 2.10. The number of carbonyl (C=O) groups excluding carboxylic acids is 1. The summed E-state index contributed by atoms with van der Waals surface area (Å²) in [6.45, 7) is 2.03. The van der Waals surface area contributed by atoms with Crippen LogP contribution in [0.1, 0.15) is 30.3 Å². The molecule has 1 N–H and O–H groups in total. The summed E-state index contributed by atoms with van der Waals surface area (Å²) in [5, 5.41) is 4.58. The van der Waals surface area contributed by atoms with Gasteiger partial charge in [-0.15, -0.1) is 11.3 Å². The average Bonchev–Trinajstić information content (AvgIpc) is 2.62. The Hall–Kier alpha value is -0.610. The minimum absolute atomic E-state index is 0.00712. The van der Waals surface area contributed by atoms with Gasteiger partial charge in [-0.1, -0.05) is 11.6 Å². The number of amides is 1. The summed E-state index contributed by atoms with van der Waals surface area (Å²) < 4.78 is 0.408. The highest BCUT2D eigenvalue weighted by molar-refractivity contribution is 7.14. The van der Waals surface area contributed by atoms with Crippen molar-refractivity contribution in [1.29, 1.82) is 0 Å². The maximum Gasteiger partial charge on any atom is 0.271 e. The van der Waals surface area contributed by atoms with Crippen LogP contribution in [0.25, 0.3) is 0 Å². The topological polar surface area (TPSA) is 42.0 Å². The molecule has 1 aliphatic carbocycles. The first-order valence-corrected chi connectivity index (χ1v) is 5.28. The Morgan fingerprint density at radius 2 is 2.46 bits per heavy atom. The largest absolute Gasteiger partial charge is 0.346 e. The summed E-state index contributed by atoms with van der Waals surface area (Å²) in [4.78, 5) is 15.4. The van der Waals surface area contributed by atoms with Crippen molar-refractivity contribution in [3.8, 4) is 0 Å². The van der Waals surface area contributed by atoms with Crippen LogP contribution in [-0.2, 0) is 0 Å². The fourth-order valence-corrected chi connectivity index (χ4v) is 1.75. The van der Waals surface area contributed by atoms with E-state index in [0.717, 1.165) is 12.8 Å². The van der Waals surface area contributed by atoms with Gasteiger partial charge >= 0.3 is 0 Å². The lowest BCUT2D eigenvalue weighted by Crippen LogP contribution is -2.34. The highest BCUT2D eigenvalue weighted by atomic mass is 35.5. The Kier molecular flexibility index (Phi) is 2.04. The summed E-state index contributed by atoms with van der Waals surface area (Å²) in [5.41, 5.74) is 0.427. The van der Waals surface area contributed by atoms with Gasteiger partial charge in [0.05, 0.1) is 0 Å². The van der Waals surface area contributed by atoms with Crippen LogP contribution in [0.4, 0.5) is 0 Å². The highest BCUT2D eigenvalue weighted by Gasteiger charge is 2.39. The predicted octanol–water partition coefficient (Wildman–Crippen LogP) is 2.08. The van der Waals surface area contributed by atoms with Crippen LogP contribution in [0.2, 0.25) is 4.47 Å². The van der Waals surface area contributed by atoms with Crippen molar-refractivity contribution >= 4 is 28.8 Å². The number of nitrogens with zero attached hydrogens (tertiary/aromatic N) is 1. The second-order valence-corrected chi connectivity index (χ2v) is 4.94. The number of thiazole rings is 1. The third-order valence-corrected chi connectivity index (χ3v) is 3.10. The molecule has 3 nitrogen and oxygen atoms in total. The van der Waals surface area contributed by atoms with Crippen molar-refractivity contribution in [3.05, 3.63) is 15.5 Å². The molecule has 1 saturated carbocycles. The van der Waals surface area contributed by atoms with Crippen molar-refractivity contribution in [2.45, 2.75) is 25.3 Å². The van der Waals surface area contributed by atoms with E-state index in [1.807, 2.05) is 6.92 Å². The van der Waals surface area contributed by atoms with Crippen LogP contribution >= 0.6 is 22.9 Å². The van der Waals surface area contributed by atoms with Crippen LogP contribution < -0.4 is 5.32 Å². The molecule has 5 heteroatoms. The van der Waals surface area contributed by atoms with E-state index in [0.29, 0.717) is 10.2 Å². The summed E-state index contributed by atoms with van der Waals surface area (Å²) in [6, 6.07) is 0. The number of halogens is 1. The van der Waals surface area contributed by atoms with Gasteiger partial charge in [0.2, 0.25) is 0 Å². The van der Waals surface area contributed by atoms with Gasteiger partial charge in [-0.3, -0.25) is 4.79 Å². The second kappa shape index (κ2) is 2.96. The van der Waals surface area contributed by atoms with E-state index in [-0.39, 0.29) is 11.4 Å². The Morgan fingerprint density at radius 1 is 1.77 bits per heavy atom.